The van der Waals surface area contributed by atoms with Crippen molar-refractivity contribution in [1.82, 2.24) is 5.32 Å². The molecule has 3 N–H and O–H groups in total. The van der Waals surface area contributed by atoms with Gasteiger partial charge in [-0.2, -0.15) is 0 Å². The largest absolute Gasteiger partial charge is 0.444 e. The van der Waals surface area contributed by atoms with E-state index in [4.69, 9.17) is 9.52 Å². The highest BCUT2D eigenvalue weighted by Gasteiger charge is 2.13. The summed E-state index contributed by atoms with van der Waals surface area (Å²) in [6.07, 6.45) is 0. The topological polar surface area (TPSA) is 91.6 Å². The summed E-state index contributed by atoms with van der Waals surface area (Å²) in [5, 5.41) is 14.2. The van der Waals surface area contributed by atoms with Gasteiger partial charge in [0.1, 0.15) is 0 Å². The molecule has 7 heteroatoms. The minimum atomic E-state index is -0.410. The van der Waals surface area contributed by atoms with Gasteiger partial charge in [0, 0.05) is 17.3 Å². The van der Waals surface area contributed by atoms with Gasteiger partial charge in [0.15, 0.2) is 10.4 Å². The third-order valence-electron chi connectivity index (χ3n) is 2.83. The van der Waals surface area contributed by atoms with E-state index in [1.807, 2.05) is 0 Å². The van der Waals surface area contributed by atoms with E-state index >= 15 is 0 Å². The molecule has 0 aliphatic carbocycles. The predicted octanol–water partition coefficient (Wildman–Crippen LogP) is 2.41. The fourth-order valence-electron chi connectivity index (χ4n) is 1.72. The Balaban J connectivity index is 2.08. The molecule has 1 atom stereocenters. The number of hydrogen-bond donors (Lipinski definition) is 3. The van der Waals surface area contributed by atoms with Crippen molar-refractivity contribution >= 4 is 33.4 Å². The first kappa shape index (κ1) is 16.3. The smallest absolute Gasteiger partial charge is 0.291 e. The zero-order valence-electron chi connectivity index (χ0n) is 11.8. The van der Waals surface area contributed by atoms with Crippen molar-refractivity contribution in [2.75, 3.05) is 11.9 Å². The lowest BCUT2D eigenvalue weighted by atomic mass is 10.1. The number of furan rings is 1. The number of aliphatic hydroxyl groups is 1. The SMILES string of the molecule is CC(CO)NC(=O)c1cccc(NC(=O)c2ccc(Br)o2)c1. The van der Waals surface area contributed by atoms with E-state index in [-0.39, 0.29) is 24.3 Å². The van der Waals surface area contributed by atoms with E-state index in [1.165, 1.54) is 0 Å². The minimum absolute atomic E-state index is 0.143. The molecule has 1 heterocycles. The third-order valence-corrected chi connectivity index (χ3v) is 3.26. The fraction of sp³-hybridized carbons (Fsp3) is 0.200. The molecule has 1 unspecified atom stereocenters. The molecule has 2 aromatic rings. The Morgan fingerprint density at radius 1 is 1.27 bits per heavy atom. The van der Waals surface area contributed by atoms with E-state index in [0.717, 1.165) is 0 Å². The van der Waals surface area contributed by atoms with Crippen molar-refractivity contribution in [2.24, 2.45) is 0 Å². The number of halogens is 1. The van der Waals surface area contributed by atoms with Gasteiger partial charge >= 0.3 is 0 Å². The monoisotopic (exact) mass is 366 g/mol. The van der Waals surface area contributed by atoms with Crippen LogP contribution in [0.1, 0.15) is 27.8 Å². The van der Waals surface area contributed by atoms with Gasteiger partial charge in [0.05, 0.1) is 6.61 Å². The molecule has 0 saturated heterocycles. The molecule has 0 bridgehead atoms. The van der Waals surface area contributed by atoms with Crippen LogP contribution < -0.4 is 10.6 Å². The number of anilines is 1. The van der Waals surface area contributed by atoms with E-state index in [9.17, 15) is 9.59 Å². The summed E-state index contributed by atoms with van der Waals surface area (Å²) in [4.78, 5) is 23.9. The molecule has 0 fully saturated rings. The van der Waals surface area contributed by atoms with Gasteiger partial charge in [0.25, 0.3) is 11.8 Å². The van der Waals surface area contributed by atoms with Gasteiger partial charge in [-0.05, 0) is 53.2 Å². The Bertz CT molecular complexity index is 684. The molecular formula is C15H15BrN2O4. The first-order chi connectivity index (χ1) is 10.5. The molecule has 2 rings (SSSR count). The van der Waals surface area contributed by atoms with Crippen LogP contribution in [0.15, 0.2) is 45.5 Å². The molecule has 0 saturated carbocycles. The van der Waals surface area contributed by atoms with Crippen molar-refractivity contribution in [3.63, 3.8) is 0 Å². The highest BCUT2D eigenvalue weighted by atomic mass is 79.9. The molecule has 22 heavy (non-hydrogen) atoms. The molecule has 6 nitrogen and oxygen atoms in total. The van der Waals surface area contributed by atoms with Crippen LogP contribution in [0.5, 0.6) is 0 Å². The van der Waals surface area contributed by atoms with Crippen molar-refractivity contribution in [2.45, 2.75) is 13.0 Å². The lowest BCUT2D eigenvalue weighted by Crippen LogP contribution is -2.35. The molecule has 116 valence electrons. The number of nitrogens with one attached hydrogen (secondary N) is 2. The van der Waals surface area contributed by atoms with E-state index in [0.29, 0.717) is 15.9 Å². The van der Waals surface area contributed by atoms with Crippen molar-refractivity contribution in [3.8, 4) is 0 Å². The number of amides is 2. The molecule has 1 aromatic carbocycles. The van der Waals surface area contributed by atoms with Gasteiger partial charge in [0.2, 0.25) is 0 Å². The average Bonchev–Trinajstić information content (AvgIpc) is 2.94. The summed E-state index contributed by atoms with van der Waals surface area (Å²) < 4.78 is 5.62. The Hall–Kier alpha value is -2.12. The van der Waals surface area contributed by atoms with Gasteiger partial charge in [-0.3, -0.25) is 9.59 Å². The van der Waals surface area contributed by atoms with Crippen molar-refractivity contribution < 1.29 is 19.1 Å². The first-order valence-corrected chi connectivity index (χ1v) is 7.37. The van der Waals surface area contributed by atoms with Crippen LogP contribution in [-0.4, -0.2) is 29.6 Å². The summed E-state index contributed by atoms with van der Waals surface area (Å²) in [7, 11) is 0. The molecule has 0 radical (unpaired) electrons. The Morgan fingerprint density at radius 3 is 2.68 bits per heavy atom. The second-order valence-corrected chi connectivity index (χ2v) is 5.48. The number of hydrogen-bond acceptors (Lipinski definition) is 4. The van der Waals surface area contributed by atoms with Gasteiger partial charge in [-0.15, -0.1) is 0 Å². The number of carbonyl (C=O) groups is 2. The molecule has 0 spiro atoms. The van der Waals surface area contributed by atoms with Gasteiger partial charge in [-0.1, -0.05) is 6.07 Å². The molecule has 2 amide bonds. The lowest BCUT2D eigenvalue weighted by Gasteiger charge is -2.11. The zero-order chi connectivity index (χ0) is 16.1. The Labute approximate surface area is 135 Å². The van der Waals surface area contributed by atoms with E-state index in [1.54, 1.807) is 43.3 Å². The standard InChI is InChI=1S/C15H15BrN2O4/c1-9(8-19)17-14(20)10-3-2-4-11(7-10)18-15(21)12-5-6-13(16)22-12/h2-7,9,19H,8H2,1H3,(H,17,20)(H,18,21). The number of rotatable bonds is 5. The number of carbonyl (C=O) groups excluding carboxylic acids is 2. The maximum absolute atomic E-state index is 12.0. The van der Waals surface area contributed by atoms with Gasteiger partial charge in [-0.25, -0.2) is 0 Å². The van der Waals surface area contributed by atoms with Crippen LogP contribution in [0.3, 0.4) is 0 Å². The molecule has 0 aliphatic rings. The second-order valence-electron chi connectivity index (χ2n) is 4.70. The van der Waals surface area contributed by atoms with Crippen molar-refractivity contribution in [1.29, 1.82) is 0 Å². The Kier molecular flexibility index (Phi) is 5.35. The quantitative estimate of drug-likeness (QED) is 0.757. The maximum atomic E-state index is 12.0. The fourth-order valence-corrected chi connectivity index (χ4v) is 2.03. The first-order valence-electron chi connectivity index (χ1n) is 6.58. The summed E-state index contributed by atoms with van der Waals surface area (Å²) in [6, 6.07) is 9.32. The molecule has 0 aliphatic heterocycles. The predicted molar refractivity (Wildman–Crippen MR) is 84.8 cm³/mol. The lowest BCUT2D eigenvalue weighted by molar-refractivity contribution is 0.0921. The average molecular weight is 367 g/mol. The second kappa shape index (κ2) is 7.24. The number of aliphatic hydroxyl groups excluding tert-OH is 1. The van der Waals surface area contributed by atoms with Crippen LogP contribution in [0.25, 0.3) is 0 Å². The Morgan fingerprint density at radius 2 is 2.05 bits per heavy atom. The van der Waals surface area contributed by atoms with Crippen LogP contribution in [0, 0.1) is 0 Å². The van der Waals surface area contributed by atoms with Gasteiger partial charge < -0.3 is 20.2 Å². The summed E-state index contributed by atoms with van der Waals surface area (Å²) in [6.45, 7) is 1.55. The van der Waals surface area contributed by atoms with Crippen LogP contribution in [-0.2, 0) is 0 Å². The molecular weight excluding hydrogens is 352 g/mol. The van der Waals surface area contributed by atoms with E-state index in [2.05, 4.69) is 26.6 Å². The molecule has 1 aromatic heterocycles. The highest BCUT2D eigenvalue weighted by Crippen LogP contribution is 2.17. The van der Waals surface area contributed by atoms with Crippen molar-refractivity contribution in [3.05, 3.63) is 52.4 Å². The summed E-state index contributed by atoms with van der Waals surface area (Å²) in [5.74, 6) is -0.569. The minimum Gasteiger partial charge on any atom is -0.444 e. The zero-order valence-corrected chi connectivity index (χ0v) is 13.4. The maximum Gasteiger partial charge on any atom is 0.291 e. The number of benzene rings is 1. The van der Waals surface area contributed by atoms with Crippen LogP contribution in [0.2, 0.25) is 0 Å². The van der Waals surface area contributed by atoms with Crippen LogP contribution in [0.4, 0.5) is 5.69 Å². The highest BCUT2D eigenvalue weighted by molar-refractivity contribution is 9.10. The third kappa shape index (κ3) is 4.19. The summed E-state index contributed by atoms with van der Waals surface area (Å²) in [5.41, 5.74) is 0.862. The van der Waals surface area contributed by atoms with Crippen LogP contribution >= 0.6 is 15.9 Å². The normalized spacial score (nSPS) is 11.8. The summed E-state index contributed by atoms with van der Waals surface area (Å²) >= 11 is 3.13. The van der Waals surface area contributed by atoms with E-state index < -0.39 is 5.91 Å².